The van der Waals surface area contributed by atoms with Gasteiger partial charge in [-0.2, -0.15) is 0 Å². The third-order valence-electron chi connectivity index (χ3n) is 3.16. The Hall–Kier alpha value is -1.18. The van der Waals surface area contributed by atoms with E-state index in [9.17, 15) is 0 Å². The van der Waals surface area contributed by atoms with Crippen molar-refractivity contribution in [2.75, 3.05) is 44.9 Å². The summed E-state index contributed by atoms with van der Waals surface area (Å²) in [5.41, 5.74) is 0. The summed E-state index contributed by atoms with van der Waals surface area (Å²) in [5.74, 6) is 0.604. The van der Waals surface area contributed by atoms with Crippen LogP contribution in [0.2, 0.25) is 0 Å². The third kappa shape index (κ3) is 3.89. The number of nitrogens with zero attached hydrogens (tertiary/aromatic N) is 3. The Morgan fingerprint density at radius 1 is 1.47 bits per heavy atom. The fourth-order valence-electron chi connectivity index (χ4n) is 2.05. The van der Waals surface area contributed by atoms with E-state index in [1.807, 2.05) is 0 Å². The molecule has 1 saturated heterocycles. The Bertz CT molecular complexity index is 372. The first kappa shape index (κ1) is 14.2. The maximum absolute atomic E-state index is 5.68. The number of ether oxygens (including phenoxy) is 2. The smallest absolute Gasteiger partial charge is 0.318 e. The molecule has 7 nitrogen and oxygen atoms in total. The number of anilines is 1. The summed E-state index contributed by atoms with van der Waals surface area (Å²) in [5, 5.41) is 11.4. The first-order chi connectivity index (χ1) is 9.35. The van der Waals surface area contributed by atoms with E-state index < -0.39 is 0 Å². The summed E-state index contributed by atoms with van der Waals surface area (Å²) < 4.78 is 16.1. The maximum atomic E-state index is 5.68. The fourth-order valence-corrected chi connectivity index (χ4v) is 2.05. The zero-order valence-electron chi connectivity index (χ0n) is 11.6. The van der Waals surface area contributed by atoms with Crippen molar-refractivity contribution < 1.29 is 13.9 Å². The standard InChI is InChI=1S/C12H22N4O3/c1-3-10-9-18-7-5-16(10)12-15-14-11(19-12)8-13-4-6-17-2/h10,13H,3-9H2,1-2H3. The molecule has 0 spiro atoms. The molecule has 0 amide bonds. The fraction of sp³-hybridized carbons (Fsp3) is 0.833. The van der Waals surface area contributed by atoms with Crippen LogP contribution in [0.5, 0.6) is 0 Å². The Labute approximate surface area is 113 Å². The summed E-state index contributed by atoms with van der Waals surface area (Å²) in [7, 11) is 1.68. The monoisotopic (exact) mass is 270 g/mol. The highest BCUT2D eigenvalue weighted by molar-refractivity contribution is 5.27. The van der Waals surface area contributed by atoms with Crippen LogP contribution in [-0.2, 0) is 16.0 Å². The minimum atomic E-state index is 0.323. The van der Waals surface area contributed by atoms with Crippen molar-refractivity contribution >= 4 is 6.01 Å². The molecule has 0 aliphatic carbocycles. The predicted molar refractivity (Wildman–Crippen MR) is 70.1 cm³/mol. The zero-order valence-corrected chi connectivity index (χ0v) is 11.6. The molecule has 1 aliphatic rings. The van der Waals surface area contributed by atoms with Crippen LogP contribution >= 0.6 is 0 Å². The van der Waals surface area contributed by atoms with Gasteiger partial charge in [0.25, 0.3) is 0 Å². The number of hydrogen-bond donors (Lipinski definition) is 1. The van der Waals surface area contributed by atoms with E-state index in [1.54, 1.807) is 7.11 Å². The van der Waals surface area contributed by atoms with Gasteiger partial charge >= 0.3 is 6.01 Å². The van der Waals surface area contributed by atoms with Crippen LogP contribution in [0.3, 0.4) is 0 Å². The highest BCUT2D eigenvalue weighted by Crippen LogP contribution is 2.19. The third-order valence-corrected chi connectivity index (χ3v) is 3.16. The average Bonchev–Trinajstić information content (AvgIpc) is 2.92. The van der Waals surface area contributed by atoms with Crippen molar-refractivity contribution in [3.05, 3.63) is 5.89 Å². The lowest BCUT2D eigenvalue weighted by Crippen LogP contribution is -2.45. The summed E-state index contributed by atoms with van der Waals surface area (Å²) in [6.07, 6.45) is 1.00. The van der Waals surface area contributed by atoms with E-state index in [2.05, 4.69) is 27.3 Å². The van der Waals surface area contributed by atoms with Crippen LogP contribution < -0.4 is 10.2 Å². The van der Waals surface area contributed by atoms with Gasteiger partial charge in [-0.15, -0.1) is 5.10 Å². The lowest BCUT2D eigenvalue weighted by atomic mass is 10.2. The van der Waals surface area contributed by atoms with E-state index in [-0.39, 0.29) is 0 Å². The van der Waals surface area contributed by atoms with Crippen LogP contribution in [0.15, 0.2) is 4.42 Å². The molecular formula is C12H22N4O3. The second-order valence-electron chi connectivity index (χ2n) is 4.48. The Morgan fingerprint density at radius 3 is 3.16 bits per heavy atom. The maximum Gasteiger partial charge on any atom is 0.318 e. The summed E-state index contributed by atoms with van der Waals surface area (Å²) in [6, 6.07) is 0.919. The molecule has 1 N–H and O–H groups in total. The van der Waals surface area contributed by atoms with Gasteiger partial charge in [0.1, 0.15) is 0 Å². The first-order valence-electron chi connectivity index (χ1n) is 6.71. The molecule has 1 unspecified atom stereocenters. The van der Waals surface area contributed by atoms with E-state index in [0.717, 1.165) is 26.1 Å². The number of aromatic nitrogens is 2. The molecule has 7 heteroatoms. The van der Waals surface area contributed by atoms with E-state index in [4.69, 9.17) is 13.9 Å². The quantitative estimate of drug-likeness (QED) is 0.720. The number of nitrogens with one attached hydrogen (secondary N) is 1. The van der Waals surface area contributed by atoms with Gasteiger partial charge in [0.05, 0.1) is 32.4 Å². The van der Waals surface area contributed by atoms with E-state index >= 15 is 0 Å². The number of rotatable bonds is 7. The SMILES string of the molecule is CCC1COCCN1c1nnc(CNCCOC)o1. The van der Waals surface area contributed by atoms with Crippen LogP contribution in [0.1, 0.15) is 19.2 Å². The van der Waals surface area contributed by atoms with Gasteiger partial charge in [-0.25, -0.2) is 0 Å². The summed E-state index contributed by atoms with van der Waals surface area (Å²) in [4.78, 5) is 2.13. The molecule has 2 rings (SSSR count). The Balaban J connectivity index is 1.88. The average molecular weight is 270 g/mol. The first-order valence-corrected chi connectivity index (χ1v) is 6.71. The number of hydrogen-bond acceptors (Lipinski definition) is 7. The summed E-state index contributed by atoms with van der Waals surface area (Å²) >= 11 is 0. The summed E-state index contributed by atoms with van der Waals surface area (Å²) in [6.45, 7) is 6.37. The molecule has 1 aromatic rings. The van der Waals surface area contributed by atoms with Gasteiger partial charge in [0.2, 0.25) is 5.89 Å². The van der Waals surface area contributed by atoms with Crippen molar-refractivity contribution in [3.63, 3.8) is 0 Å². The molecule has 2 heterocycles. The number of methoxy groups -OCH3 is 1. The van der Waals surface area contributed by atoms with Gasteiger partial charge in [-0.05, 0) is 6.42 Å². The molecule has 1 atom stereocenters. The second kappa shape index (κ2) is 7.42. The Morgan fingerprint density at radius 2 is 2.37 bits per heavy atom. The molecule has 1 fully saturated rings. The largest absolute Gasteiger partial charge is 0.407 e. The van der Waals surface area contributed by atoms with Gasteiger partial charge in [-0.1, -0.05) is 12.0 Å². The molecule has 0 bridgehead atoms. The topological polar surface area (TPSA) is 72.7 Å². The highest BCUT2D eigenvalue weighted by atomic mass is 16.5. The lowest BCUT2D eigenvalue weighted by Gasteiger charge is -2.33. The molecular weight excluding hydrogens is 248 g/mol. The minimum Gasteiger partial charge on any atom is -0.407 e. The number of morpholine rings is 1. The van der Waals surface area contributed by atoms with Crippen molar-refractivity contribution in [2.24, 2.45) is 0 Å². The Kier molecular flexibility index (Phi) is 5.56. The van der Waals surface area contributed by atoms with Gasteiger partial charge in [-0.3, -0.25) is 0 Å². The van der Waals surface area contributed by atoms with Gasteiger partial charge < -0.3 is 24.1 Å². The molecule has 1 aromatic heterocycles. The molecule has 0 aromatic carbocycles. The van der Waals surface area contributed by atoms with Crippen molar-refractivity contribution in [2.45, 2.75) is 25.9 Å². The van der Waals surface area contributed by atoms with Crippen LogP contribution in [0.4, 0.5) is 6.01 Å². The van der Waals surface area contributed by atoms with E-state index in [1.165, 1.54) is 0 Å². The normalized spacial score (nSPS) is 19.9. The second-order valence-corrected chi connectivity index (χ2v) is 4.48. The van der Waals surface area contributed by atoms with Gasteiger partial charge in [0.15, 0.2) is 0 Å². The highest BCUT2D eigenvalue weighted by Gasteiger charge is 2.25. The molecule has 1 aliphatic heterocycles. The van der Waals surface area contributed by atoms with E-state index in [0.29, 0.717) is 37.7 Å². The van der Waals surface area contributed by atoms with Crippen molar-refractivity contribution in [1.82, 2.24) is 15.5 Å². The molecule has 108 valence electrons. The van der Waals surface area contributed by atoms with Crippen LogP contribution in [0.25, 0.3) is 0 Å². The molecule has 19 heavy (non-hydrogen) atoms. The molecule has 0 saturated carbocycles. The van der Waals surface area contributed by atoms with Crippen LogP contribution in [-0.4, -0.2) is 56.3 Å². The van der Waals surface area contributed by atoms with Crippen molar-refractivity contribution in [3.8, 4) is 0 Å². The van der Waals surface area contributed by atoms with Crippen LogP contribution in [0, 0.1) is 0 Å². The van der Waals surface area contributed by atoms with Crippen molar-refractivity contribution in [1.29, 1.82) is 0 Å². The predicted octanol–water partition coefficient (Wildman–Crippen LogP) is 0.421. The van der Waals surface area contributed by atoms with Gasteiger partial charge in [0, 0.05) is 20.2 Å². The molecule has 0 radical (unpaired) electrons. The zero-order chi connectivity index (χ0) is 13.5. The minimum absolute atomic E-state index is 0.323. The lowest BCUT2D eigenvalue weighted by molar-refractivity contribution is 0.0899.